The molecule has 0 aliphatic carbocycles. The summed E-state index contributed by atoms with van der Waals surface area (Å²) in [7, 11) is 0. The quantitative estimate of drug-likeness (QED) is 0.705. The van der Waals surface area contributed by atoms with E-state index in [0.717, 1.165) is 23.6 Å². The van der Waals surface area contributed by atoms with Gasteiger partial charge in [-0.1, -0.05) is 0 Å². The van der Waals surface area contributed by atoms with Crippen LogP contribution >= 0.6 is 11.3 Å². The van der Waals surface area contributed by atoms with Crippen LogP contribution in [0.3, 0.4) is 0 Å². The molecule has 2 aromatic rings. The van der Waals surface area contributed by atoms with Crippen LogP contribution in [0, 0.1) is 13.8 Å². The van der Waals surface area contributed by atoms with Crippen molar-refractivity contribution in [2.75, 3.05) is 0 Å². The fourth-order valence-electron chi connectivity index (χ4n) is 1.28. The number of thiophene rings is 1. The van der Waals surface area contributed by atoms with Crippen LogP contribution in [-0.2, 0) is 0 Å². The topological polar surface area (TPSA) is 47.8 Å². The lowest BCUT2D eigenvalue weighted by molar-refractivity contribution is 0.112. The van der Waals surface area contributed by atoms with E-state index in [-0.39, 0.29) is 0 Å². The Morgan fingerprint density at radius 1 is 1.50 bits per heavy atom. The molecule has 5 heteroatoms. The molecule has 0 fully saturated rings. The molecule has 0 unspecified atom stereocenters. The molecular weight excluding hydrogens is 198 g/mol. The van der Waals surface area contributed by atoms with E-state index in [2.05, 4.69) is 10.1 Å². The lowest BCUT2D eigenvalue weighted by Crippen LogP contribution is -1.97. The van der Waals surface area contributed by atoms with E-state index in [1.807, 2.05) is 19.2 Å². The van der Waals surface area contributed by atoms with Crippen LogP contribution in [0.15, 0.2) is 11.4 Å². The summed E-state index contributed by atoms with van der Waals surface area (Å²) in [5.74, 6) is 1.57. The summed E-state index contributed by atoms with van der Waals surface area (Å²) in [6, 6.07) is 1.80. The van der Waals surface area contributed by atoms with Crippen LogP contribution in [0.4, 0.5) is 0 Å². The van der Waals surface area contributed by atoms with E-state index in [1.165, 1.54) is 11.3 Å². The molecule has 72 valence electrons. The van der Waals surface area contributed by atoms with Gasteiger partial charge < -0.3 is 0 Å². The lowest BCUT2D eigenvalue weighted by Gasteiger charge is -1.96. The molecule has 0 N–H and O–H groups in total. The van der Waals surface area contributed by atoms with Gasteiger partial charge in [0.25, 0.3) is 0 Å². The highest BCUT2D eigenvalue weighted by molar-refractivity contribution is 7.12. The van der Waals surface area contributed by atoms with Gasteiger partial charge in [0.2, 0.25) is 0 Å². The maximum absolute atomic E-state index is 10.5. The maximum atomic E-state index is 10.5. The highest BCUT2D eigenvalue weighted by atomic mass is 32.1. The van der Waals surface area contributed by atoms with Crippen molar-refractivity contribution in [1.82, 2.24) is 14.8 Å². The van der Waals surface area contributed by atoms with Crippen molar-refractivity contribution in [3.05, 3.63) is 28.0 Å². The van der Waals surface area contributed by atoms with Crippen molar-refractivity contribution < 1.29 is 4.79 Å². The van der Waals surface area contributed by atoms with E-state index in [1.54, 1.807) is 10.7 Å². The number of nitrogens with zero attached hydrogens (tertiary/aromatic N) is 3. The summed E-state index contributed by atoms with van der Waals surface area (Å²) in [5.41, 5.74) is 0.898. The van der Waals surface area contributed by atoms with Crippen LogP contribution in [0.2, 0.25) is 0 Å². The van der Waals surface area contributed by atoms with E-state index in [9.17, 15) is 4.79 Å². The fourth-order valence-corrected chi connectivity index (χ4v) is 1.95. The molecule has 0 bridgehead atoms. The van der Waals surface area contributed by atoms with Gasteiger partial charge in [0, 0.05) is 5.38 Å². The van der Waals surface area contributed by atoms with Crippen molar-refractivity contribution >= 4 is 17.6 Å². The van der Waals surface area contributed by atoms with Gasteiger partial charge in [-0.3, -0.25) is 4.79 Å². The molecule has 0 atom stereocenters. The highest BCUT2D eigenvalue weighted by Crippen LogP contribution is 2.17. The Hall–Kier alpha value is -1.49. The first-order valence-electron chi connectivity index (χ1n) is 4.15. The Morgan fingerprint density at radius 3 is 2.79 bits per heavy atom. The second-order valence-corrected chi connectivity index (χ2v) is 3.89. The average molecular weight is 207 g/mol. The molecule has 0 saturated carbocycles. The number of aromatic nitrogens is 3. The van der Waals surface area contributed by atoms with E-state index < -0.39 is 0 Å². The molecule has 0 aliphatic rings. The fraction of sp³-hybridized carbons (Fsp3) is 0.222. The van der Waals surface area contributed by atoms with E-state index >= 15 is 0 Å². The van der Waals surface area contributed by atoms with Crippen molar-refractivity contribution in [2.45, 2.75) is 13.8 Å². The van der Waals surface area contributed by atoms with Gasteiger partial charge in [-0.2, -0.15) is 5.10 Å². The Morgan fingerprint density at radius 2 is 2.29 bits per heavy atom. The normalized spacial score (nSPS) is 10.4. The smallest absolute Gasteiger partial charge is 0.160 e. The predicted octanol–water partition coefficient (Wildman–Crippen LogP) is 1.76. The third-order valence-corrected chi connectivity index (χ3v) is 2.69. The molecule has 0 spiro atoms. The first kappa shape index (κ1) is 9.08. The average Bonchev–Trinajstić information content (AvgIpc) is 2.71. The number of carbonyl (C=O) groups excluding carboxylic acids is 1. The number of carbonyl (C=O) groups is 1. The van der Waals surface area contributed by atoms with Crippen LogP contribution in [0.1, 0.15) is 21.3 Å². The Bertz CT molecular complexity index is 472. The van der Waals surface area contributed by atoms with Gasteiger partial charge in [0.1, 0.15) is 11.6 Å². The van der Waals surface area contributed by atoms with Crippen molar-refractivity contribution in [2.24, 2.45) is 0 Å². The highest BCUT2D eigenvalue weighted by Gasteiger charge is 2.06. The minimum Gasteiger partial charge on any atom is -0.297 e. The van der Waals surface area contributed by atoms with Crippen molar-refractivity contribution in [3.63, 3.8) is 0 Å². The Balaban J connectivity index is 2.48. The second kappa shape index (κ2) is 3.34. The zero-order valence-corrected chi connectivity index (χ0v) is 8.71. The van der Waals surface area contributed by atoms with Gasteiger partial charge in [-0.25, -0.2) is 9.67 Å². The largest absolute Gasteiger partial charge is 0.297 e. The molecule has 14 heavy (non-hydrogen) atoms. The Labute approximate surface area is 85.2 Å². The number of rotatable bonds is 2. The monoisotopic (exact) mass is 207 g/mol. The third-order valence-electron chi connectivity index (χ3n) is 1.84. The molecule has 2 heterocycles. The predicted molar refractivity (Wildman–Crippen MR) is 54.1 cm³/mol. The van der Waals surface area contributed by atoms with Gasteiger partial charge >= 0.3 is 0 Å². The molecule has 0 radical (unpaired) electrons. The molecule has 0 amide bonds. The number of hydrogen-bond donors (Lipinski definition) is 0. The zero-order valence-electron chi connectivity index (χ0n) is 7.89. The van der Waals surface area contributed by atoms with Gasteiger partial charge in [-0.15, -0.1) is 11.3 Å². The minimum atomic E-state index is 0.701. The van der Waals surface area contributed by atoms with Gasteiger partial charge in [0.15, 0.2) is 6.29 Å². The summed E-state index contributed by atoms with van der Waals surface area (Å²) in [4.78, 5) is 15.4. The number of aldehydes is 1. The maximum Gasteiger partial charge on any atom is 0.160 e. The molecule has 0 saturated heterocycles. The van der Waals surface area contributed by atoms with Crippen molar-refractivity contribution in [1.29, 1.82) is 0 Å². The van der Waals surface area contributed by atoms with Crippen LogP contribution < -0.4 is 0 Å². The Kier molecular flexibility index (Phi) is 2.17. The third kappa shape index (κ3) is 1.46. The number of hydrogen-bond acceptors (Lipinski definition) is 4. The van der Waals surface area contributed by atoms with E-state index in [4.69, 9.17) is 0 Å². The van der Waals surface area contributed by atoms with Crippen LogP contribution in [0.5, 0.6) is 0 Å². The molecule has 2 aromatic heterocycles. The van der Waals surface area contributed by atoms with Gasteiger partial charge in [0.05, 0.1) is 10.6 Å². The van der Waals surface area contributed by atoms with Crippen LogP contribution in [0.25, 0.3) is 5.69 Å². The minimum absolute atomic E-state index is 0.701. The second-order valence-electron chi connectivity index (χ2n) is 2.94. The standard InChI is InChI=1S/C9H9N3OS/c1-6-10-7(2)12(11-6)8-3-9(4-13)14-5-8/h3-5H,1-2H3. The lowest BCUT2D eigenvalue weighted by atomic mass is 10.4. The summed E-state index contributed by atoms with van der Waals surface area (Å²) < 4.78 is 1.73. The summed E-state index contributed by atoms with van der Waals surface area (Å²) in [6.07, 6.45) is 0.841. The summed E-state index contributed by atoms with van der Waals surface area (Å²) >= 11 is 1.41. The molecule has 0 aromatic carbocycles. The zero-order chi connectivity index (χ0) is 10.1. The van der Waals surface area contributed by atoms with Crippen molar-refractivity contribution in [3.8, 4) is 5.69 Å². The number of aryl methyl sites for hydroxylation is 2. The first-order valence-corrected chi connectivity index (χ1v) is 5.03. The molecule has 0 aliphatic heterocycles. The summed E-state index contributed by atoms with van der Waals surface area (Å²) in [5, 5.41) is 6.12. The first-order chi connectivity index (χ1) is 6.70. The van der Waals surface area contributed by atoms with Gasteiger partial charge in [-0.05, 0) is 19.9 Å². The molecule has 4 nitrogen and oxygen atoms in total. The van der Waals surface area contributed by atoms with E-state index in [0.29, 0.717) is 4.88 Å². The molecular formula is C9H9N3OS. The summed E-state index contributed by atoms with van der Waals surface area (Å²) in [6.45, 7) is 3.73. The SMILES string of the molecule is Cc1nc(C)n(-c2csc(C=O)c2)n1. The molecule has 2 rings (SSSR count). The van der Waals surface area contributed by atoms with Crippen LogP contribution in [-0.4, -0.2) is 21.1 Å².